The summed E-state index contributed by atoms with van der Waals surface area (Å²) >= 11 is 0. The van der Waals surface area contributed by atoms with E-state index in [-0.39, 0.29) is 5.41 Å². The van der Waals surface area contributed by atoms with Crippen LogP contribution in [0.15, 0.2) is 46.6 Å². The fourth-order valence-electron chi connectivity index (χ4n) is 5.29. The zero-order valence-electron chi connectivity index (χ0n) is 11.3. The molecule has 5 aliphatic rings. The molecule has 1 aromatic carbocycles. The van der Waals surface area contributed by atoms with Crippen LogP contribution in [0.1, 0.15) is 36.8 Å². The minimum absolute atomic E-state index is 0.250. The van der Waals surface area contributed by atoms with E-state index in [1.807, 2.05) is 0 Å². The number of fused-ring (bicyclic) bond motifs is 2. The van der Waals surface area contributed by atoms with Gasteiger partial charge >= 0.3 is 0 Å². The highest BCUT2D eigenvalue weighted by Gasteiger charge is 2.65. The van der Waals surface area contributed by atoms with E-state index < -0.39 is 0 Å². The van der Waals surface area contributed by atoms with Crippen molar-refractivity contribution in [2.24, 2.45) is 27.5 Å². The van der Waals surface area contributed by atoms with Crippen molar-refractivity contribution in [1.82, 2.24) is 0 Å². The SMILES string of the molecule is CC1(C)[C@@H]2N=N[C@H]1[C@@H]1[C@H]2[C@@H]2C=C[C@H]1c1ccccc12. The monoisotopic (exact) mass is 250 g/mol. The van der Waals surface area contributed by atoms with E-state index in [0.717, 1.165) is 0 Å². The van der Waals surface area contributed by atoms with E-state index >= 15 is 0 Å². The van der Waals surface area contributed by atoms with Crippen LogP contribution in [0.2, 0.25) is 0 Å². The third kappa shape index (κ3) is 0.990. The number of allylic oxidation sites excluding steroid dienone is 2. The maximum Gasteiger partial charge on any atom is 0.0821 e. The smallest absolute Gasteiger partial charge is 0.0821 e. The van der Waals surface area contributed by atoms with Crippen LogP contribution in [0, 0.1) is 17.3 Å². The molecule has 19 heavy (non-hydrogen) atoms. The molecule has 6 rings (SSSR count). The Morgan fingerprint density at radius 2 is 1.32 bits per heavy atom. The summed E-state index contributed by atoms with van der Waals surface area (Å²) in [6.07, 6.45) is 4.89. The highest BCUT2D eigenvalue weighted by atomic mass is 15.2. The Bertz CT molecular complexity index is 577. The normalized spacial score (nSPS) is 46.4. The first-order valence-electron chi connectivity index (χ1n) is 7.37. The molecule has 2 nitrogen and oxygen atoms in total. The van der Waals surface area contributed by atoms with Gasteiger partial charge in [-0.1, -0.05) is 50.3 Å². The molecule has 4 bridgehead atoms. The summed E-state index contributed by atoms with van der Waals surface area (Å²) in [6, 6.07) is 9.86. The van der Waals surface area contributed by atoms with Gasteiger partial charge in [0.1, 0.15) is 0 Å². The number of benzene rings is 1. The van der Waals surface area contributed by atoms with Crippen molar-refractivity contribution >= 4 is 0 Å². The molecule has 0 aromatic heterocycles. The van der Waals surface area contributed by atoms with Crippen molar-refractivity contribution in [3.63, 3.8) is 0 Å². The summed E-state index contributed by atoms with van der Waals surface area (Å²) < 4.78 is 0. The van der Waals surface area contributed by atoms with E-state index in [1.54, 1.807) is 11.1 Å². The van der Waals surface area contributed by atoms with Crippen molar-refractivity contribution < 1.29 is 0 Å². The molecule has 1 heterocycles. The van der Waals surface area contributed by atoms with Gasteiger partial charge in [0, 0.05) is 17.3 Å². The predicted octanol–water partition coefficient (Wildman–Crippen LogP) is 3.91. The molecule has 1 fully saturated rings. The van der Waals surface area contributed by atoms with Crippen LogP contribution in [0.4, 0.5) is 0 Å². The maximum absolute atomic E-state index is 4.62. The van der Waals surface area contributed by atoms with Gasteiger partial charge in [-0.15, -0.1) is 0 Å². The summed E-state index contributed by atoms with van der Waals surface area (Å²) in [5, 5.41) is 9.25. The molecule has 2 heteroatoms. The molecule has 6 atom stereocenters. The molecule has 0 spiro atoms. The number of azo groups is 1. The average molecular weight is 250 g/mol. The highest BCUT2D eigenvalue weighted by molar-refractivity contribution is 5.49. The molecule has 4 aliphatic carbocycles. The minimum atomic E-state index is 0.250. The number of nitrogens with zero attached hydrogens (tertiary/aromatic N) is 2. The van der Waals surface area contributed by atoms with Crippen LogP contribution in [-0.2, 0) is 0 Å². The Morgan fingerprint density at radius 1 is 0.842 bits per heavy atom. The summed E-state index contributed by atoms with van der Waals surface area (Å²) in [7, 11) is 0. The van der Waals surface area contributed by atoms with Gasteiger partial charge in [-0.05, 0) is 23.0 Å². The largest absolute Gasteiger partial charge is 0.190 e. The van der Waals surface area contributed by atoms with Crippen LogP contribution in [-0.4, -0.2) is 12.1 Å². The lowest BCUT2D eigenvalue weighted by Gasteiger charge is -2.46. The fraction of sp³-hybridized carbons (Fsp3) is 0.529. The lowest BCUT2D eigenvalue weighted by molar-refractivity contribution is 0.230. The molecule has 0 unspecified atom stereocenters. The Kier molecular flexibility index (Phi) is 1.64. The first-order chi connectivity index (χ1) is 9.19. The van der Waals surface area contributed by atoms with Gasteiger partial charge in [-0.25, -0.2) is 0 Å². The minimum Gasteiger partial charge on any atom is -0.190 e. The molecular formula is C17H18N2. The average Bonchev–Trinajstić information content (AvgIpc) is 2.87. The predicted molar refractivity (Wildman–Crippen MR) is 74.3 cm³/mol. The van der Waals surface area contributed by atoms with Gasteiger partial charge in [-0.3, -0.25) is 0 Å². The molecule has 1 aromatic rings. The number of hydrogen-bond acceptors (Lipinski definition) is 2. The molecular weight excluding hydrogens is 232 g/mol. The summed E-state index contributed by atoms with van der Waals surface area (Å²) in [5.41, 5.74) is 3.35. The second kappa shape index (κ2) is 3.00. The lowest BCUT2D eigenvalue weighted by atomic mass is 9.59. The molecule has 1 aliphatic heterocycles. The summed E-state index contributed by atoms with van der Waals surface area (Å²) in [6.45, 7) is 4.73. The Morgan fingerprint density at radius 3 is 1.79 bits per heavy atom. The molecule has 0 amide bonds. The van der Waals surface area contributed by atoms with Gasteiger partial charge < -0.3 is 0 Å². The maximum atomic E-state index is 4.62. The van der Waals surface area contributed by atoms with Crippen molar-refractivity contribution in [1.29, 1.82) is 0 Å². The highest BCUT2D eigenvalue weighted by Crippen LogP contribution is 2.66. The van der Waals surface area contributed by atoms with Gasteiger partial charge in [-0.2, -0.15) is 10.2 Å². The van der Waals surface area contributed by atoms with Crippen LogP contribution in [0.25, 0.3) is 0 Å². The second-order valence-corrected chi connectivity index (χ2v) is 7.16. The van der Waals surface area contributed by atoms with Crippen LogP contribution in [0.3, 0.4) is 0 Å². The number of rotatable bonds is 0. The first kappa shape index (κ1) is 10.4. The molecule has 0 saturated heterocycles. The molecule has 0 radical (unpaired) electrons. The standard InChI is InChI=1S/C17H18N2/c1-17(2)15-13-11-7-8-12(14(13)16(17)19-18-15)10-6-4-3-5-9(10)11/h3-8,11-16H,1-2H3/t11-,12+,13-,14+,15-,16+. The van der Waals surface area contributed by atoms with Crippen LogP contribution < -0.4 is 0 Å². The Labute approximate surface area is 113 Å². The van der Waals surface area contributed by atoms with E-state index in [0.29, 0.717) is 35.8 Å². The third-order valence-electron chi connectivity index (χ3n) is 6.08. The van der Waals surface area contributed by atoms with Gasteiger partial charge in [0.25, 0.3) is 0 Å². The quantitative estimate of drug-likeness (QED) is 0.624. The lowest BCUT2D eigenvalue weighted by Crippen LogP contribution is -2.39. The van der Waals surface area contributed by atoms with Gasteiger partial charge in [0.15, 0.2) is 0 Å². The van der Waals surface area contributed by atoms with E-state index in [4.69, 9.17) is 0 Å². The van der Waals surface area contributed by atoms with Crippen molar-refractivity contribution in [3.8, 4) is 0 Å². The van der Waals surface area contributed by atoms with Crippen molar-refractivity contribution in [2.75, 3.05) is 0 Å². The summed E-state index contributed by atoms with van der Waals surface area (Å²) in [5.74, 6) is 2.50. The molecule has 96 valence electrons. The topological polar surface area (TPSA) is 24.7 Å². The third-order valence-corrected chi connectivity index (χ3v) is 6.08. The van der Waals surface area contributed by atoms with E-state index in [9.17, 15) is 0 Å². The Balaban J connectivity index is 1.75. The van der Waals surface area contributed by atoms with Crippen molar-refractivity contribution in [2.45, 2.75) is 37.8 Å². The number of hydrogen-bond donors (Lipinski definition) is 0. The van der Waals surface area contributed by atoms with Gasteiger partial charge in [0.05, 0.1) is 12.1 Å². The fourth-order valence-corrected chi connectivity index (χ4v) is 5.29. The van der Waals surface area contributed by atoms with Gasteiger partial charge in [0.2, 0.25) is 0 Å². The first-order valence-corrected chi connectivity index (χ1v) is 7.37. The summed E-state index contributed by atoms with van der Waals surface area (Å²) in [4.78, 5) is 0. The van der Waals surface area contributed by atoms with Crippen molar-refractivity contribution in [3.05, 3.63) is 47.5 Å². The zero-order valence-corrected chi connectivity index (χ0v) is 11.3. The zero-order chi connectivity index (χ0) is 12.8. The molecule has 0 N–H and O–H groups in total. The van der Waals surface area contributed by atoms with Crippen LogP contribution >= 0.6 is 0 Å². The van der Waals surface area contributed by atoms with E-state index in [1.165, 1.54) is 0 Å². The van der Waals surface area contributed by atoms with Crippen LogP contribution in [0.5, 0.6) is 0 Å². The second-order valence-electron chi connectivity index (χ2n) is 7.16. The molecule has 1 saturated carbocycles. The van der Waals surface area contributed by atoms with E-state index in [2.05, 4.69) is 60.5 Å². The Hall–Kier alpha value is -1.44.